The van der Waals surface area contributed by atoms with Gasteiger partial charge in [0, 0.05) is 52.0 Å². The van der Waals surface area contributed by atoms with Crippen molar-refractivity contribution in [1.82, 2.24) is 18.9 Å². The maximum Gasteiger partial charge on any atom is 0.281 e. The highest BCUT2D eigenvalue weighted by Crippen LogP contribution is 2.20. The number of carbonyl (C=O) groups excluding carboxylic acids is 1. The summed E-state index contributed by atoms with van der Waals surface area (Å²) >= 11 is 0. The summed E-state index contributed by atoms with van der Waals surface area (Å²) in [5, 5.41) is 2.89. The molecule has 2 rings (SSSR count). The Morgan fingerprint density at radius 1 is 1.41 bits per heavy atom. The Balaban J connectivity index is 1.83. The molecular formula is C14H22N4O3S. The van der Waals surface area contributed by atoms with Crippen LogP contribution in [0.1, 0.15) is 18.4 Å². The van der Waals surface area contributed by atoms with Crippen LogP contribution in [0.2, 0.25) is 0 Å². The van der Waals surface area contributed by atoms with Crippen LogP contribution in [0.25, 0.3) is 0 Å². The number of nitrogens with one attached hydrogen (secondary N) is 1. The van der Waals surface area contributed by atoms with E-state index in [0.29, 0.717) is 32.5 Å². The maximum atomic E-state index is 12.2. The number of hydrogen-bond acceptors (Lipinski definition) is 4. The number of nitrogens with zero attached hydrogens (tertiary/aromatic N) is 3. The Labute approximate surface area is 131 Å². The average molecular weight is 326 g/mol. The van der Waals surface area contributed by atoms with Gasteiger partial charge in [-0.3, -0.25) is 9.78 Å². The van der Waals surface area contributed by atoms with Crippen LogP contribution in [-0.2, 0) is 21.5 Å². The lowest BCUT2D eigenvalue weighted by Gasteiger charge is -2.32. The van der Waals surface area contributed by atoms with Gasteiger partial charge in [-0.15, -0.1) is 0 Å². The van der Waals surface area contributed by atoms with Crippen molar-refractivity contribution in [3.05, 3.63) is 30.1 Å². The molecule has 0 spiro atoms. The van der Waals surface area contributed by atoms with Crippen molar-refractivity contribution < 1.29 is 13.2 Å². The van der Waals surface area contributed by atoms with Crippen molar-refractivity contribution in [3.63, 3.8) is 0 Å². The smallest absolute Gasteiger partial charge is 0.281 e. The SMILES string of the molecule is CN(C)S(=O)(=O)N1CCC(C(=O)NCc2cccnc2)CC1. The predicted octanol–water partition coefficient (Wildman–Crippen LogP) is 0.216. The van der Waals surface area contributed by atoms with E-state index in [4.69, 9.17) is 0 Å². The number of pyridine rings is 1. The quantitative estimate of drug-likeness (QED) is 0.839. The predicted molar refractivity (Wildman–Crippen MR) is 83.0 cm³/mol. The Hall–Kier alpha value is -1.51. The molecule has 2 heterocycles. The zero-order valence-corrected chi connectivity index (χ0v) is 13.7. The van der Waals surface area contributed by atoms with E-state index in [1.807, 2.05) is 12.1 Å². The van der Waals surface area contributed by atoms with E-state index in [-0.39, 0.29) is 11.8 Å². The topological polar surface area (TPSA) is 82.6 Å². The van der Waals surface area contributed by atoms with Gasteiger partial charge in [0.25, 0.3) is 10.2 Å². The van der Waals surface area contributed by atoms with Gasteiger partial charge in [0.1, 0.15) is 0 Å². The molecular weight excluding hydrogens is 304 g/mol. The molecule has 0 aromatic carbocycles. The molecule has 1 aliphatic heterocycles. The summed E-state index contributed by atoms with van der Waals surface area (Å²) in [6, 6.07) is 3.73. The van der Waals surface area contributed by atoms with Gasteiger partial charge in [-0.05, 0) is 24.5 Å². The molecule has 0 saturated carbocycles. The molecule has 0 aliphatic carbocycles. The lowest BCUT2D eigenvalue weighted by atomic mass is 9.97. The number of amides is 1. The standard InChI is InChI=1S/C14H22N4O3S/c1-17(2)22(20,21)18-8-5-13(6-9-18)14(19)16-11-12-4-3-7-15-10-12/h3-4,7,10,13H,5-6,8-9,11H2,1-2H3,(H,16,19). The van der Waals surface area contributed by atoms with E-state index in [1.54, 1.807) is 12.4 Å². The third-order valence-corrected chi connectivity index (χ3v) is 5.74. The first-order valence-corrected chi connectivity index (χ1v) is 8.65. The minimum absolute atomic E-state index is 0.0224. The summed E-state index contributed by atoms with van der Waals surface area (Å²) in [4.78, 5) is 16.2. The normalized spacial score (nSPS) is 17.6. The first-order chi connectivity index (χ1) is 10.4. The highest BCUT2D eigenvalue weighted by atomic mass is 32.2. The lowest BCUT2D eigenvalue weighted by Crippen LogP contribution is -2.46. The maximum absolute atomic E-state index is 12.2. The Morgan fingerprint density at radius 2 is 2.09 bits per heavy atom. The van der Waals surface area contributed by atoms with Gasteiger partial charge >= 0.3 is 0 Å². The van der Waals surface area contributed by atoms with E-state index in [0.717, 1.165) is 5.56 Å². The van der Waals surface area contributed by atoms with Crippen molar-refractivity contribution in [3.8, 4) is 0 Å². The molecule has 0 radical (unpaired) electrons. The molecule has 1 N–H and O–H groups in total. The number of carbonyl (C=O) groups is 1. The number of aromatic nitrogens is 1. The highest BCUT2D eigenvalue weighted by Gasteiger charge is 2.32. The fourth-order valence-electron chi connectivity index (χ4n) is 2.42. The molecule has 0 atom stereocenters. The number of hydrogen-bond donors (Lipinski definition) is 1. The monoisotopic (exact) mass is 326 g/mol. The first-order valence-electron chi connectivity index (χ1n) is 7.25. The van der Waals surface area contributed by atoms with Gasteiger partial charge in [0.2, 0.25) is 5.91 Å². The van der Waals surface area contributed by atoms with Gasteiger partial charge < -0.3 is 5.32 Å². The molecule has 1 aliphatic rings. The Bertz CT molecular complexity index is 596. The van der Waals surface area contributed by atoms with E-state index >= 15 is 0 Å². The second-order valence-electron chi connectivity index (χ2n) is 5.54. The fraction of sp³-hybridized carbons (Fsp3) is 0.571. The summed E-state index contributed by atoms with van der Waals surface area (Å²) in [7, 11) is -0.346. The minimum Gasteiger partial charge on any atom is -0.352 e. The van der Waals surface area contributed by atoms with Crippen molar-refractivity contribution >= 4 is 16.1 Å². The molecule has 1 fully saturated rings. The number of rotatable bonds is 5. The van der Waals surface area contributed by atoms with Crippen molar-refractivity contribution in [2.24, 2.45) is 5.92 Å². The molecule has 1 aromatic rings. The largest absolute Gasteiger partial charge is 0.352 e. The molecule has 0 unspecified atom stereocenters. The minimum atomic E-state index is -3.38. The summed E-state index contributed by atoms with van der Waals surface area (Å²) in [6.45, 7) is 1.21. The molecule has 1 saturated heterocycles. The van der Waals surface area contributed by atoms with Crippen LogP contribution >= 0.6 is 0 Å². The zero-order valence-electron chi connectivity index (χ0n) is 12.9. The summed E-state index contributed by atoms with van der Waals surface area (Å²) < 4.78 is 26.7. The van der Waals surface area contributed by atoms with Crippen LogP contribution in [-0.4, -0.2) is 55.1 Å². The van der Waals surface area contributed by atoms with Gasteiger partial charge in [-0.25, -0.2) is 0 Å². The molecule has 7 nitrogen and oxygen atoms in total. The van der Waals surface area contributed by atoms with Crippen LogP contribution < -0.4 is 5.32 Å². The molecule has 1 aromatic heterocycles. The van der Waals surface area contributed by atoms with Gasteiger partial charge in [0.15, 0.2) is 0 Å². The Kier molecular flexibility index (Phi) is 5.49. The molecule has 1 amide bonds. The van der Waals surface area contributed by atoms with Gasteiger partial charge in [-0.2, -0.15) is 17.0 Å². The number of piperidine rings is 1. The fourth-order valence-corrected chi connectivity index (χ4v) is 3.55. The molecule has 8 heteroatoms. The van der Waals surface area contributed by atoms with E-state index < -0.39 is 10.2 Å². The van der Waals surface area contributed by atoms with Crippen molar-refractivity contribution in [2.45, 2.75) is 19.4 Å². The van der Waals surface area contributed by atoms with E-state index in [2.05, 4.69) is 10.3 Å². The van der Waals surface area contributed by atoms with E-state index in [9.17, 15) is 13.2 Å². The third kappa shape index (κ3) is 4.02. The summed E-state index contributed by atoms with van der Waals surface area (Å²) in [5.41, 5.74) is 0.948. The van der Waals surface area contributed by atoms with Crippen LogP contribution in [0.4, 0.5) is 0 Å². The van der Waals surface area contributed by atoms with Crippen LogP contribution in [0.3, 0.4) is 0 Å². The second-order valence-corrected chi connectivity index (χ2v) is 7.68. The van der Waals surface area contributed by atoms with Crippen molar-refractivity contribution in [1.29, 1.82) is 0 Å². The average Bonchev–Trinajstić information content (AvgIpc) is 2.53. The van der Waals surface area contributed by atoms with Crippen LogP contribution in [0.15, 0.2) is 24.5 Å². The van der Waals surface area contributed by atoms with Gasteiger partial charge in [0.05, 0.1) is 0 Å². The lowest BCUT2D eigenvalue weighted by molar-refractivity contribution is -0.126. The highest BCUT2D eigenvalue weighted by molar-refractivity contribution is 7.86. The zero-order chi connectivity index (χ0) is 16.2. The first kappa shape index (κ1) is 16.9. The summed E-state index contributed by atoms with van der Waals surface area (Å²) in [5.74, 6) is -0.156. The van der Waals surface area contributed by atoms with Gasteiger partial charge in [-0.1, -0.05) is 6.07 Å². The molecule has 22 heavy (non-hydrogen) atoms. The molecule has 122 valence electrons. The summed E-state index contributed by atoms with van der Waals surface area (Å²) in [6.07, 6.45) is 4.50. The second kappa shape index (κ2) is 7.17. The van der Waals surface area contributed by atoms with Crippen LogP contribution in [0.5, 0.6) is 0 Å². The van der Waals surface area contributed by atoms with Crippen molar-refractivity contribution in [2.75, 3.05) is 27.2 Å². The molecule has 0 bridgehead atoms. The third-order valence-electron chi connectivity index (χ3n) is 3.80. The van der Waals surface area contributed by atoms with E-state index in [1.165, 1.54) is 22.7 Å². The Morgan fingerprint density at radius 3 is 2.64 bits per heavy atom. The van der Waals surface area contributed by atoms with Crippen LogP contribution in [0, 0.1) is 5.92 Å².